The van der Waals surface area contributed by atoms with Gasteiger partial charge >= 0.3 is 0 Å². The summed E-state index contributed by atoms with van der Waals surface area (Å²) in [5.74, 6) is 0.649. The number of nitrogens with one attached hydrogen (secondary N) is 1. The third-order valence-electron chi connectivity index (χ3n) is 2.98. The summed E-state index contributed by atoms with van der Waals surface area (Å²) in [4.78, 5) is 0. The summed E-state index contributed by atoms with van der Waals surface area (Å²) in [7, 11) is 1.64. The summed E-state index contributed by atoms with van der Waals surface area (Å²) in [5, 5.41) is 22.3. The molecule has 2 aromatic rings. The van der Waals surface area contributed by atoms with Crippen molar-refractivity contribution in [1.29, 1.82) is 0 Å². The molecule has 2 aromatic carbocycles. The molecular formula is C15H17NO3. The molecule has 0 spiro atoms. The Balaban J connectivity index is 2.10. The first-order valence-corrected chi connectivity index (χ1v) is 6.00. The van der Waals surface area contributed by atoms with Gasteiger partial charge in [0, 0.05) is 17.8 Å². The van der Waals surface area contributed by atoms with Crippen LogP contribution in [0.25, 0.3) is 0 Å². The van der Waals surface area contributed by atoms with Crippen LogP contribution in [0.15, 0.2) is 36.4 Å². The molecule has 0 aliphatic heterocycles. The zero-order valence-electron chi connectivity index (χ0n) is 11.0. The van der Waals surface area contributed by atoms with E-state index in [-0.39, 0.29) is 11.5 Å². The highest BCUT2D eigenvalue weighted by Gasteiger charge is 2.06. The summed E-state index contributed by atoms with van der Waals surface area (Å²) < 4.78 is 5.20. The van der Waals surface area contributed by atoms with Gasteiger partial charge in [-0.15, -0.1) is 0 Å². The first kappa shape index (κ1) is 13.1. The molecule has 0 unspecified atom stereocenters. The van der Waals surface area contributed by atoms with Crippen molar-refractivity contribution in [3.05, 3.63) is 47.5 Å². The van der Waals surface area contributed by atoms with Crippen molar-refractivity contribution in [2.45, 2.75) is 13.5 Å². The Hall–Kier alpha value is -2.36. The zero-order chi connectivity index (χ0) is 13.8. The lowest BCUT2D eigenvalue weighted by molar-refractivity contribution is 0.400. The van der Waals surface area contributed by atoms with Gasteiger partial charge in [-0.1, -0.05) is 12.1 Å². The van der Waals surface area contributed by atoms with Gasteiger partial charge in [0.2, 0.25) is 0 Å². The third-order valence-corrected chi connectivity index (χ3v) is 2.98. The molecule has 4 nitrogen and oxygen atoms in total. The van der Waals surface area contributed by atoms with Gasteiger partial charge in [-0.05, 0) is 36.8 Å². The summed E-state index contributed by atoms with van der Waals surface area (Å²) in [6.45, 7) is 2.40. The van der Waals surface area contributed by atoms with Gasteiger partial charge in [-0.2, -0.15) is 0 Å². The molecule has 0 saturated carbocycles. The van der Waals surface area contributed by atoms with Crippen LogP contribution in [0.1, 0.15) is 11.1 Å². The van der Waals surface area contributed by atoms with Gasteiger partial charge in [-0.3, -0.25) is 0 Å². The normalized spacial score (nSPS) is 10.2. The SMILES string of the molecule is COc1ccc(NCc2cccc(O)c2O)cc1C. The minimum atomic E-state index is -0.106. The van der Waals surface area contributed by atoms with E-state index < -0.39 is 0 Å². The number of aromatic hydroxyl groups is 2. The lowest BCUT2D eigenvalue weighted by Crippen LogP contribution is -2.00. The average molecular weight is 259 g/mol. The molecule has 0 atom stereocenters. The molecule has 3 N–H and O–H groups in total. The van der Waals surface area contributed by atoms with Crippen molar-refractivity contribution >= 4 is 5.69 Å². The molecule has 4 heteroatoms. The average Bonchev–Trinajstić information content (AvgIpc) is 2.40. The molecule has 0 fully saturated rings. The fourth-order valence-electron chi connectivity index (χ4n) is 1.91. The van der Waals surface area contributed by atoms with Crippen LogP contribution in [0, 0.1) is 6.92 Å². The second-order valence-corrected chi connectivity index (χ2v) is 4.32. The Morgan fingerprint density at radius 3 is 2.63 bits per heavy atom. The Morgan fingerprint density at radius 1 is 1.16 bits per heavy atom. The van der Waals surface area contributed by atoms with Gasteiger partial charge in [0.05, 0.1) is 7.11 Å². The van der Waals surface area contributed by atoms with Crippen LogP contribution in [0.2, 0.25) is 0 Å². The molecule has 0 heterocycles. The number of rotatable bonds is 4. The Bertz CT molecular complexity index is 582. The maximum absolute atomic E-state index is 9.70. The highest BCUT2D eigenvalue weighted by Crippen LogP contribution is 2.29. The van der Waals surface area contributed by atoms with Crippen molar-refractivity contribution in [3.63, 3.8) is 0 Å². The molecule has 0 amide bonds. The minimum absolute atomic E-state index is 0.0831. The number of benzene rings is 2. The Kier molecular flexibility index (Phi) is 3.80. The maximum atomic E-state index is 9.70. The first-order valence-electron chi connectivity index (χ1n) is 6.00. The van der Waals surface area contributed by atoms with E-state index in [0.717, 1.165) is 17.0 Å². The van der Waals surface area contributed by atoms with E-state index in [1.807, 2.05) is 25.1 Å². The van der Waals surface area contributed by atoms with Crippen LogP contribution in [-0.2, 0) is 6.54 Å². The molecule has 0 aliphatic carbocycles. The van der Waals surface area contributed by atoms with Crippen LogP contribution in [-0.4, -0.2) is 17.3 Å². The standard InChI is InChI=1S/C15H17NO3/c1-10-8-12(6-7-14(10)19-2)16-9-11-4-3-5-13(17)15(11)18/h3-8,16-18H,9H2,1-2H3. The number of ether oxygens (including phenoxy) is 1. The van der Waals surface area contributed by atoms with E-state index in [2.05, 4.69) is 5.32 Å². The maximum Gasteiger partial charge on any atom is 0.162 e. The van der Waals surface area contributed by atoms with Gasteiger partial charge in [0.1, 0.15) is 5.75 Å². The Morgan fingerprint density at radius 2 is 1.95 bits per heavy atom. The third kappa shape index (κ3) is 2.91. The van der Waals surface area contributed by atoms with E-state index in [0.29, 0.717) is 12.1 Å². The van der Waals surface area contributed by atoms with Crippen molar-refractivity contribution in [3.8, 4) is 17.2 Å². The number of para-hydroxylation sites is 1. The summed E-state index contributed by atoms with van der Waals surface area (Å²) in [6, 6.07) is 10.7. The van der Waals surface area contributed by atoms with Crippen LogP contribution in [0.4, 0.5) is 5.69 Å². The van der Waals surface area contributed by atoms with E-state index in [4.69, 9.17) is 4.74 Å². The molecule has 0 radical (unpaired) electrons. The van der Waals surface area contributed by atoms with Gasteiger partial charge in [-0.25, -0.2) is 0 Å². The summed E-state index contributed by atoms with van der Waals surface area (Å²) >= 11 is 0. The number of methoxy groups -OCH3 is 1. The smallest absolute Gasteiger partial charge is 0.162 e. The number of aryl methyl sites for hydroxylation is 1. The van der Waals surface area contributed by atoms with Crippen molar-refractivity contribution in [1.82, 2.24) is 0 Å². The first-order chi connectivity index (χ1) is 9.11. The zero-order valence-corrected chi connectivity index (χ0v) is 11.0. The summed E-state index contributed by atoms with van der Waals surface area (Å²) in [5.41, 5.74) is 2.61. The van der Waals surface area contributed by atoms with E-state index >= 15 is 0 Å². The molecule has 19 heavy (non-hydrogen) atoms. The monoisotopic (exact) mass is 259 g/mol. The number of phenols is 2. The van der Waals surface area contributed by atoms with Gasteiger partial charge in [0.25, 0.3) is 0 Å². The molecule has 0 saturated heterocycles. The Labute approximate surface area is 112 Å². The van der Waals surface area contributed by atoms with E-state index in [9.17, 15) is 10.2 Å². The van der Waals surface area contributed by atoms with Crippen LogP contribution < -0.4 is 10.1 Å². The molecule has 0 aromatic heterocycles. The molecule has 2 rings (SSSR count). The van der Waals surface area contributed by atoms with Gasteiger partial charge < -0.3 is 20.3 Å². The lowest BCUT2D eigenvalue weighted by atomic mass is 10.1. The van der Waals surface area contributed by atoms with Crippen LogP contribution >= 0.6 is 0 Å². The minimum Gasteiger partial charge on any atom is -0.504 e. The quantitative estimate of drug-likeness (QED) is 0.739. The van der Waals surface area contributed by atoms with E-state index in [1.54, 1.807) is 19.2 Å². The predicted octanol–water partition coefficient (Wildman–Crippen LogP) is 3.03. The largest absolute Gasteiger partial charge is 0.504 e. The highest BCUT2D eigenvalue weighted by atomic mass is 16.5. The number of hydrogen-bond donors (Lipinski definition) is 3. The van der Waals surface area contributed by atoms with Crippen molar-refractivity contribution in [2.24, 2.45) is 0 Å². The molecule has 100 valence electrons. The van der Waals surface area contributed by atoms with E-state index in [1.165, 1.54) is 6.07 Å². The number of anilines is 1. The fraction of sp³-hybridized carbons (Fsp3) is 0.200. The van der Waals surface area contributed by atoms with Gasteiger partial charge in [0.15, 0.2) is 11.5 Å². The van der Waals surface area contributed by atoms with Crippen LogP contribution in [0.5, 0.6) is 17.2 Å². The van der Waals surface area contributed by atoms with Crippen molar-refractivity contribution < 1.29 is 14.9 Å². The predicted molar refractivity (Wildman–Crippen MR) is 74.8 cm³/mol. The number of hydrogen-bond acceptors (Lipinski definition) is 4. The fourth-order valence-corrected chi connectivity index (χ4v) is 1.91. The summed E-state index contributed by atoms with van der Waals surface area (Å²) in [6.07, 6.45) is 0. The second kappa shape index (κ2) is 5.52. The molecular weight excluding hydrogens is 242 g/mol. The molecule has 0 bridgehead atoms. The highest BCUT2D eigenvalue weighted by molar-refractivity contribution is 5.52. The second-order valence-electron chi connectivity index (χ2n) is 4.32. The van der Waals surface area contributed by atoms with Crippen LogP contribution in [0.3, 0.4) is 0 Å². The topological polar surface area (TPSA) is 61.7 Å². The lowest BCUT2D eigenvalue weighted by Gasteiger charge is -2.11. The van der Waals surface area contributed by atoms with Crippen molar-refractivity contribution in [2.75, 3.05) is 12.4 Å². The number of phenolic OH excluding ortho intramolecular Hbond substituents is 2. The molecule has 0 aliphatic rings.